The van der Waals surface area contributed by atoms with Crippen LogP contribution in [0.2, 0.25) is 0 Å². The van der Waals surface area contributed by atoms with Crippen molar-refractivity contribution < 1.29 is 51.8 Å². The van der Waals surface area contributed by atoms with Crippen LogP contribution in [-0.2, 0) is 18.5 Å². The summed E-state index contributed by atoms with van der Waals surface area (Å²) in [4.78, 5) is 0. The molecular weight excluding hydrogens is 612 g/mol. The smallest absolute Gasteiger partial charge is 0.404 e. The molecule has 263 valence electrons. The van der Waals surface area contributed by atoms with Crippen molar-refractivity contribution in [3.63, 3.8) is 0 Å². The van der Waals surface area contributed by atoms with E-state index < -0.39 is 33.6 Å². The summed E-state index contributed by atoms with van der Waals surface area (Å²) in [5, 5.41) is 0. The normalized spacial score (nSPS) is 15.8. The zero-order valence-corrected chi connectivity index (χ0v) is 27.9. The molecule has 0 aliphatic heterocycles. The number of alkyl halides is 6. The van der Waals surface area contributed by atoms with Gasteiger partial charge in [-0.25, -0.2) is 8.42 Å². The van der Waals surface area contributed by atoms with Crippen LogP contribution in [0.25, 0.3) is 0 Å². The van der Waals surface area contributed by atoms with Crippen LogP contribution >= 0.6 is 10.7 Å². The minimum atomic E-state index is -4.74. The molecule has 14 heteroatoms. The predicted octanol–water partition coefficient (Wildman–Crippen LogP) is 10.9. The maximum absolute atomic E-state index is 11.1. The molecule has 0 rings (SSSR count). The molecule has 0 spiro atoms. The number of hydrogen-bond donors (Lipinski definition) is 0. The van der Waals surface area contributed by atoms with Crippen molar-refractivity contribution in [2.75, 3.05) is 20.0 Å². The maximum Gasteiger partial charge on any atom is 0.404 e. The van der Waals surface area contributed by atoms with E-state index in [-0.39, 0.29) is 40.5 Å². The Balaban J connectivity index is -0.0000000906. The molecule has 4 nitrogen and oxygen atoms in total. The van der Waals surface area contributed by atoms with Crippen molar-refractivity contribution in [2.24, 2.45) is 11.3 Å². The second-order valence-electron chi connectivity index (χ2n) is 10.1. The van der Waals surface area contributed by atoms with Crippen molar-refractivity contribution in [1.29, 1.82) is 0 Å². The van der Waals surface area contributed by atoms with Crippen molar-refractivity contribution in [1.82, 2.24) is 0 Å². The van der Waals surface area contributed by atoms with Crippen LogP contribution in [0.1, 0.15) is 129 Å². The Morgan fingerprint density at radius 3 is 1.52 bits per heavy atom. The molecule has 0 aromatic rings. The lowest BCUT2D eigenvalue weighted by molar-refractivity contribution is -0.206. The summed E-state index contributed by atoms with van der Waals surface area (Å²) in [5.41, 5.74) is -0.0496. The summed E-state index contributed by atoms with van der Waals surface area (Å²) in [7, 11) is 3.59. The van der Waals surface area contributed by atoms with Gasteiger partial charge in [-0.15, -0.1) is 0 Å². The van der Waals surface area contributed by atoms with Crippen LogP contribution in [0.4, 0.5) is 31.0 Å². The molecule has 4 unspecified atom stereocenters. The minimum absolute atomic E-state index is 0. The highest BCUT2D eigenvalue weighted by Crippen LogP contribution is 2.51. The van der Waals surface area contributed by atoms with Crippen molar-refractivity contribution >= 4 is 28.1 Å². The number of hydrogen-bond acceptors (Lipinski definition) is 4. The Morgan fingerprint density at radius 2 is 1.29 bits per heavy atom. The summed E-state index contributed by atoms with van der Waals surface area (Å²) in [6.45, 7) is 15.1. The van der Waals surface area contributed by atoms with E-state index in [1.807, 2.05) is 14.2 Å². The zero-order valence-electron chi connectivity index (χ0n) is 27.3. The number of unbranched alkanes of at least 4 members (excludes halogenated alkanes) is 4. The summed E-state index contributed by atoms with van der Waals surface area (Å²) in [6.07, 6.45) is 3.10. The topological polar surface area (TPSA) is 52.6 Å². The molecule has 0 N–H and O–H groups in total. The Morgan fingerprint density at radius 1 is 0.857 bits per heavy atom. The van der Waals surface area contributed by atoms with Crippen molar-refractivity contribution in [2.45, 2.75) is 151 Å². The Bertz CT molecular complexity index is 715. The first-order chi connectivity index (χ1) is 17.7. The number of ether oxygens (including phenoxy) is 2. The van der Waals surface area contributed by atoms with Crippen molar-refractivity contribution in [3.05, 3.63) is 0 Å². The third-order valence-corrected chi connectivity index (χ3v) is 8.40. The monoisotopic (exact) mass is 673 g/mol. The van der Waals surface area contributed by atoms with Gasteiger partial charge in [0.1, 0.15) is 0 Å². The summed E-state index contributed by atoms with van der Waals surface area (Å²) in [5.74, 6) is -1.33. The molecule has 0 aromatic carbocycles. The van der Waals surface area contributed by atoms with E-state index in [0.29, 0.717) is 5.92 Å². The molecule has 0 aliphatic carbocycles. The highest BCUT2D eigenvalue weighted by Gasteiger charge is 2.54. The fourth-order valence-electron chi connectivity index (χ4n) is 5.03. The predicted molar refractivity (Wildman–Crippen MR) is 167 cm³/mol. The van der Waals surface area contributed by atoms with E-state index in [4.69, 9.17) is 9.47 Å². The minimum Gasteiger partial charge on any atom is -1.00 e. The fraction of sp³-hybridized carbons (Fsp3) is 1.00. The van der Waals surface area contributed by atoms with Gasteiger partial charge in [0.05, 0.1) is 11.7 Å². The lowest BCUT2D eigenvalue weighted by Crippen LogP contribution is -2.59. The van der Waals surface area contributed by atoms with E-state index in [1.165, 1.54) is 51.4 Å². The average Bonchev–Trinajstić information content (AvgIpc) is 2.80. The number of halogens is 8. The summed E-state index contributed by atoms with van der Waals surface area (Å²) >= 11 is 0. The average molecular weight is 674 g/mol. The molecule has 0 aliphatic rings. The third kappa shape index (κ3) is 23.2. The molecule has 0 aromatic heterocycles. The SMILES string of the molecule is C.CCC(F)(F)F.CCCCCC(C)C(C)(CCCCC)C(CC)(OC)C(CC)OC.F.O=S(=O)(Cl)CC(F)(F)F.[2HH].[B].[H-]. The van der Waals surface area contributed by atoms with Gasteiger partial charge in [0, 0.05) is 46.6 Å². The highest BCUT2D eigenvalue weighted by atomic mass is 35.7. The third-order valence-electron chi connectivity index (χ3n) is 7.40. The van der Waals surface area contributed by atoms with Gasteiger partial charge in [-0.05, 0) is 25.2 Å². The van der Waals surface area contributed by atoms with E-state index in [9.17, 15) is 34.8 Å². The van der Waals surface area contributed by atoms with E-state index >= 15 is 0 Å². The van der Waals surface area contributed by atoms with Crippen LogP contribution < -0.4 is 0 Å². The first-order valence-electron chi connectivity index (χ1n) is 13.8. The molecule has 0 fully saturated rings. The van der Waals surface area contributed by atoms with Gasteiger partial charge < -0.3 is 10.9 Å². The molecule has 0 bridgehead atoms. The Kier molecular flexibility index (Phi) is 33.6. The fourth-order valence-corrected chi connectivity index (χ4v) is 5.79. The van der Waals surface area contributed by atoms with E-state index in [0.717, 1.165) is 19.8 Å². The van der Waals surface area contributed by atoms with Gasteiger partial charge in [0.25, 0.3) is 0 Å². The second-order valence-corrected chi connectivity index (χ2v) is 12.9. The first kappa shape index (κ1) is 54.2. The summed E-state index contributed by atoms with van der Waals surface area (Å²) < 4.78 is 97.3. The van der Waals surface area contributed by atoms with Crippen LogP contribution in [0, 0.1) is 11.3 Å². The van der Waals surface area contributed by atoms with Gasteiger partial charge in [0.2, 0.25) is 9.05 Å². The molecule has 0 amide bonds. The number of methoxy groups -OCH3 is 2. The largest absolute Gasteiger partial charge is 1.00 e. The summed E-state index contributed by atoms with van der Waals surface area (Å²) in [6, 6.07) is 0. The highest BCUT2D eigenvalue weighted by molar-refractivity contribution is 8.13. The molecule has 0 heterocycles. The maximum atomic E-state index is 11.1. The van der Waals surface area contributed by atoms with Gasteiger partial charge in [0.15, 0.2) is 5.75 Å². The molecule has 42 heavy (non-hydrogen) atoms. The van der Waals surface area contributed by atoms with Crippen LogP contribution in [0.15, 0.2) is 0 Å². The molecule has 0 saturated carbocycles. The van der Waals surface area contributed by atoms with E-state index in [2.05, 4.69) is 52.2 Å². The zero-order chi connectivity index (χ0) is 31.6. The van der Waals surface area contributed by atoms with Gasteiger partial charge in [-0.1, -0.05) is 101 Å². The molecule has 0 saturated heterocycles. The van der Waals surface area contributed by atoms with Crippen LogP contribution in [0.3, 0.4) is 0 Å². The van der Waals surface area contributed by atoms with Crippen molar-refractivity contribution in [3.8, 4) is 0 Å². The van der Waals surface area contributed by atoms with E-state index in [1.54, 1.807) is 0 Å². The Hall–Kier alpha value is -0.265. The standard InChI is InChI=1S/C22H46O2.C3H5F3.C2H2ClF3O2S.CH4.B.FH.H2.H/c1-9-13-15-17-19(5)21(6,18-16-14-10-2)22(12-4,24-8)20(11-3)23-7;1-2-3(4,5)6;3-9(7,8)1-2(4,5)6;;;;;/h19-20H,9-18H2,1-8H3;2H2,1H3;1H2;1H4;;2*1H;/q;;;;;;;-1/i;;;;;;1+1;. The lowest BCUT2D eigenvalue weighted by Gasteiger charge is -2.54. The quantitative estimate of drug-likeness (QED) is 0.0708. The van der Waals surface area contributed by atoms with Crippen LogP contribution in [-0.4, -0.2) is 60.9 Å². The molecule has 3 radical (unpaired) electrons. The molecular formula is C28H61BClF7O4S-. The Labute approximate surface area is 261 Å². The number of rotatable bonds is 16. The van der Waals surface area contributed by atoms with Gasteiger partial charge >= 0.3 is 12.4 Å². The second kappa shape index (κ2) is 26.0. The first-order valence-corrected chi connectivity index (χ1v) is 16.3. The molecule has 4 atom stereocenters. The van der Waals surface area contributed by atoms with Gasteiger partial charge in [-0.2, -0.15) is 26.3 Å². The lowest BCUT2D eigenvalue weighted by atomic mass is 9.58. The van der Waals surface area contributed by atoms with Crippen LogP contribution in [0.5, 0.6) is 0 Å². The van der Waals surface area contributed by atoms with Gasteiger partial charge in [-0.3, -0.25) is 4.70 Å².